The van der Waals surface area contributed by atoms with E-state index in [1.165, 1.54) is 0 Å². The van der Waals surface area contributed by atoms with E-state index in [0.717, 1.165) is 6.42 Å². The van der Waals surface area contributed by atoms with Crippen LogP contribution >= 0.6 is 0 Å². The van der Waals surface area contributed by atoms with Crippen LogP contribution in [0.2, 0.25) is 0 Å². The van der Waals surface area contributed by atoms with Crippen molar-refractivity contribution in [3.05, 3.63) is 0 Å². The van der Waals surface area contributed by atoms with Crippen LogP contribution in [0.25, 0.3) is 0 Å². The second-order valence-corrected chi connectivity index (χ2v) is 6.86. The molecule has 1 N–H and O–H groups in total. The fourth-order valence-electron chi connectivity index (χ4n) is 2.21. The van der Waals surface area contributed by atoms with Crippen LogP contribution in [0.4, 0.5) is 0 Å². The van der Waals surface area contributed by atoms with Crippen LogP contribution in [-0.4, -0.2) is 24.2 Å². The zero-order chi connectivity index (χ0) is 13.9. The Morgan fingerprint density at radius 3 is 1.88 bits per heavy atom. The highest BCUT2D eigenvalue weighted by Gasteiger charge is 2.35. The van der Waals surface area contributed by atoms with Crippen molar-refractivity contribution in [2.45, 2.75) is 72.4 Å². The molecule has 0 saturated carbocycles. The Balaban J connectivity index is 4.67. The lowest BCUT2D eigenvalue weighted by Gasteiger charge is -2.36. The molecular weight excluding hydrogens is 214 g/mol. The summed E-state index contributed by atoms with van der Waals surface area (Å²) < 4.78 is 5.31. The van der Waals surface area contributed by atoms with Crippen LogP contribution < -0.4 is 5.32 Å². The average molecular weight is 243 g/mol. The number of ether oxygens (including phenoxy) is 1. The van der Waals surface area contributed by atoms with Crippen molar-refractivity contribution >= 4 is 5.91 Å². The smallest absolute Gasteiger partial charge is 0.252 e. The highest BCUT2D eigenvalue weighted by atomic mass is 16.5. The molecule has 0 bridgehead atoms. The van der Waals surface area contributed by atoms with Crippen molar-refractivity contribution in [3.8, 4) is 0 Å². The van der Waals surface area contributed by atoms with Gasteiger partial charge >= 0.3 is 0 Å². The van der Waals surface area contributed by atoms with Gasteiger partial charge in [0.15, 0.2) is 0 Å². The fourth-order valence-corrected chi connectivity index (χ4v) is 2.21. The van der Waals surface area contributed by atoms with Crippen LogP contribution in [0.1, 0.15) is 61.3 Å². The Morgan fingerprint density at radius 1 is 1.12 bits per heavy atom. The second-order valence-electron chi connectivity index (χ2n) is 6.86. The second kappa shape index (κ2) is 5.38. The van der Waals surface area contributed by atoms with Gasteiger partial charge in [-0.2, -0.15) is 0 Å². The van der Waals surface area contributed by atoms with Gasteiger partial charge in [0.05, 0.1) is 0 Å². The molecule has 0 aliphatic heterocycles. The molecule has 1 amide bonds. The molecule has 0 aromatic carbocycles. The summed E-state index contributed by atoms with van der Waals surface area (Å²) in [5.74, 6) is -0.0308. The van der Waals surface area contributed by atoms with E-state index in [9.17, 15) is 4.79 Å². The third-order valence-electron chi connectivity index (χ3n) is 3.03. The SMILES string of the molecule is CCC(C)(OC)C(=O)NC(C)(C)CC(C)(C)C. The summed E-state index contributed by atoms with van der Waals surface area (Å²) in [7, 11) is 1.58. The van der Waals surface area contributed by atoms with Crippen LogP contribution in [0.15, 0.2) is 0 Å². The van der Waals surface area contributed by atoms with Crippen LogP contribution in [0.5, 0.6) is 0 Å². The van der Waals surface area contributed by atoms with E-state index in [2.05, 4.69) is 39.9 Å². The molecule has 0 spiro atoms. The molecule has 0 aliphatic carbocycles. The molecule has 0 heterocycles. The van der Waals surface area contributed by atoms with E-state index < -0.39 is 5.60 Å². The molecule has 0 aliphatic rings. The summed E-state index contributed by atoms with van der Waals surface area (Å²) >= 11 is 0. The molecular formula is C14H29NO2. The van der Waals surface area contributed by atoms with Gasteiger partial charge in [-0.15, -0.1) is 0 Å². The summed E-state index contributed by atoms with van der Waals surface area (Å²) in [6.45, 7) is 14.4. The van der Waals surface area contributed by atoms with Crippen molar-refractivity contribution in [1.29, 1.82) is 0 Å². The third kappa shape index (κ3) is 5.53. The normalized spacial score (nSPS) is 16.5. The van der Waals surface area contributed by atoms with E-state index in [-0.39, 0.29) is 16.9 Å². The molecule has 0 aromatic rings. The van der Waals surface area contributed by atoms with Crippen molar-refractivity contribution in [2.75, 3.05) is 7.11 Å². The van der Waals surface area contributed by atoms with Crippen LogP contribution in [0.3, 0.4) is 0 Å². The number of carbonyl (C=O) groups is 1. The van der Waals surface area contributed by atoms with Crippen LogP contribution in [-0.2, 0) is 9.53 Å². The summed E-state index contributed by atoms with van der Waals surface area (Å²) in [5, 5.41) is 3.09. The Morgan fingerprint density at radius 2 is 1.59 bits per heavy atom. The van der Waals surface area contributed by atoms with Crippen molar-refractivity contribution in [2.24, 2.45) is 5.41 Å². The van der Waals surface area contributed by atoms with Gasteiger partial charge in [0.1, 0.15) is 5.60 Å². The third-order valence-corrected chi connectivity index (χ3v) is 3.03. The molecule has 3 heteroatoms. The quantitative estimate of drug-likeness (QED) is 0.805. The van der Waals surface area contributed by atoms with Crippen LogP contribution in [0, 0.1) is 5.41 Å². The van der Waals surface area contributed by atoms with E-state index >= 15 is 0 Å². The maximum Gasteiger partial charge on any atom is 0.252 e. The highest BCUT2D eigenvalue weighted by Crippen LogP contribution is 2.27. The first-order chi connectivity index (χ1) is 7.46. The summed E-state index contributed by atoms with van der Waals surface area (Å²) in [6, 6.07) is 0. The van der Waals surface area contributed by atoms with Gasteiger partial charge in [-0.05, 0) is 39.0 Å². The van der Waals surface area contributed by atoms with Crippen molar-refractivity contribution in [3.63, 3.8) is 0 Å². The number of rotatable bonds is 5. The molecule has 1 unspecified atom stereocenters. The molecule has 0 saturated heterocycles. The molecule has 0 radical (unpaired) electrons. The molecule has 0 rings (SSSR count). The van der Waals surface area contributed by atoms with E-state index in [4.69, 9.17) is 4.74 Å². The minimum absolute atomic E-state index is 0.0308. The zero-order valence-corrected chi connectivity index (χ0v) is 12.7. The maximum atomic E-state index is 12.2. The van der Waals surface area contributed by atoms with Gasteiger partial charge in [0, 0.05) is 12.6 Å². The van der Waals surface area contributed by atoms with Crippen molar-refractivity contribution in [1.82, 2.24) is 5.32 Å². The summed E-state index contributed by atoms with van der Waals surface area (Å²) in [4.78, 5) is 12.2. The molecule has 102 valence electrons. The van der Waals surface area contributed by atoms with Gasteiger partial charge in [0.25, 0.3) is 5.91 Å². The number of carbonyl (C=O) groups excluding carboxylic acids is 1. The monoisotopic (exact) mass is 243 g/mol. The van der Waals surface area contributed by atoms with E-state index in [1.54, 1.807) is 7.11 Å². The maximum absolute atomic E-state index is 12.2. The highest BCUT2D eigenvalue weighted by molar-refractivity contribution is 5.85. The molecule has 1 atom stereocenters. The summed E-state index contributed by atoms with van der Waals surface area (Å²) in [5.41, 5.74) is -0.758. The fraction of sp³-hybridized carbons (Fsp3) is 0.929. The lowest BCUT2D eigenvalue weighted by Crippen LogP contribution is -2.54. The standard InChI is InChI=1S/C14H29NO2/c1-9-14(7,17-8)11(16)15-13(5,6)10-12(2,3)4/h9-10H2,1-8H3,(H,15,16). The predicted octanol–water partition coefficient (Wildman–Crippen LogP) is 3.13. The first-order valence-electron chi connectivity index (χ1n) is 6.33. The number of amides is 1. The molecule has 17 heavy (non-hydrogen) atoms. The van der Waals surface area contributed by atoms with E-state index in [1.807, 2.05) is 13.8 Å². The Bertz CT molecular complexity index is 260. The average Bonchev–Trinajstić information content (AvgIpc) is 2.11. The van der Waals surface area contributed by atoms with Gasteiger partial charge in [-0.25, -0.2) is 0 Å². The number of methoxy groups -OCH3 is 1. The Hall–Kier alpha value is -0.570. The Kier molecular flexibility index (Phi) is 5.20. The lowest BCUT2D eigenvalue weighted by atomic mass is 9.81. The number of nitrogens with one attached hydrogen (secondary N) is 1. The minimum Gasteiger partial charge on any atom is -0.369 e. The first kappa shape index (κ1) is 16.4. The minimum atomic E-state index is -0.727. The molecule has 3 nitrogen and oxygen atoms in total. The van der Waals surface area contributed by atoms with Gasteiger partial charge in [-0.3, -0.25) is 4.79 Å². The summed E-state index contributed by atoms with van der Waals surface area (Å²) in [6.07, 6.45) is 1.59. The number of hydrogen-bond donors (Lipinski definition) is 1. The molecule has 0 fully saturated rings. The zero-order valence-electron chi connectivity index (χ0n) is 12.7. The van der Waals surface area contributed by atoms with Gasteiger partial charge < -0.3 is 10.1 Å². The molecule has 0 aromatic heterocycles. The lowest BCUT2D eigenvalue weighted by molar-refractivity contribution is -0.143. The predicted molar refractivity (Wildman–Crippen MR) is 72.0 cm³/mol. The van der Waals surface area contributed by atoms with Gasteiger partial charge in [0.2, 0.25) is 0 Å². The largest absolute Gasteiger partial charge is 0.369 e. The van der Waals surface area contributed by atoms with E-state index in [0.29, 0.717) is 6.42 Å². The first-order valence-corrected chi connectivity index (χ1v) is 6.33. The number of hydrogen-bond acceptors (Lipinski definition) is 2. The van der Waals surface area contributed by atoms with Crippen molar-refractivity contribution < 1.29 is 9.53 Å². The Labute approximate surface area is 106 Å². The van der Waals surface area contributed by atoms with Gasteiger partial charge in [-0.1, -0.05) is 27.7 Å². The topological polar surface area (TPSA) is 38.3 Å².